The van der Waals surface area contributed by atoms with E-state index in [9.17, 15) is 4.79 Å². The van der Waals surface area contributed by atoms with E-state index < -0.39 is 0 Å². The molecule has 0 atom stereocenters. The van der Waals surface area contributed by atoms with E-state index in [1.54, 1.807) is 24.3 Å². The van der Waals surface area contributed by atoms with Crippen LogP contribution in [-0.4, -0.2) is 32.8 Å². The fourth-order valence-corrected chi connectivity index (χ4v) is 2.40. The van der Waals surface area contributed by atoms with Gasteiger partial charge in [0, 0.05) is 29.7 Å². The number of carbonyl (C=O) groups excluding carboxylic acids is 1. The lowest BCUT2D eigenvalue weighted by molar-refractivity contribution is 0.102. The lowest BCUT2D eigenvalue weighted by Crippen LogP contribution is -2.12. The second kappa shape index (κ2) is 13.9. The Labute approximate surface area is 174 Å². The van der Waals surface area contributed by atoms with Crippen LogP contribution in [0.3, 0.4) is 0 Å². The smallest absolute Gasteiger partial charge is 0.255 e. The predicted molar refractivity (Wildman–Crippen MR) is 126 cm³/mol. The Morgan fingerprint density at radius 3 is 2.31 bits per heavy atom. The summed E-state index contributed by atoms with van der Waals surface area (Å²) in [4.78, 5) is 12.5. The summed E-state index contributed by atoms with van der Waals surface area (Å²) in [5, 5.41) is 16.0. The van der Waals surface area contributed by atoms with E-state index in [-0.39, 0.29) is 5.91 Å². The largest absolute Gasteiger partial charge is 0.385 e. The van der Waals surface area contributed by atoms with Crippen molar-refractivity contribution in [2.45, 2.75) is 19.8 Å². The normalized spacial score (nSPS) is 10.0. The molecule has 5 heteroatoms. The van der Waals surface area contributed by atoms with Crippen LogP contribution in [0.1, 0.15) is 35.7 Å². The van der Waals surface area contributed by atoms with Crippen molar-refractivity contribution in [3.63, 3.8) is 0 Å². The fraction of sp³-hybridized carbons (Fsp3) is 0.250. The Morgan fingerprint density at radius 2 is 1.69 bits per heavy atom. The molecule has 0 radical (unpaired) electrons. The van der Waals surface area contributed by atoms with Crippen LogP contribution in [0.4, 0.5) is 11.4 Å². The van der Waals surface area contributed by atoms with Gasteiger partial charge in [0.2, 0.25) is 0 Å². The van der Waals surface area contributed by atoms with Gasteiger partial charge in [0.1, 0.15) is 0 Å². The van der Waals surface area contributed by atoms with Gasteiger partial charge in [0.05, 0.1) is 0 Å². The van der Waals surface area contributed by atoms with Gasteiger partial charge in [-0.3, -0.25) is 4.79 Å². The molecule has 2 rings (SSSR count). The second-order valence-electron chi connectivity index (χ2n) is 6.44. The second-order valence-corrected chi connectivity index (χ2v) is 6.44. The highest BCUT2D eigenvalue weighted by atomic mass is 16.1. The first kappa shape index (κ1) is 23.9. The van der Waals surface area contributed by atoms with Crippen LogP contribution < -0.4 is 16.0 Å². The molecule has 0 fully saturated rings. The molecule has 1 amide bonds. The lowest BCUT2D eigenvalue weighted by atomic mass is 10.0. The summed E-state index contributed by atoms with van der Waals surface area (Å²) in [6.07, 6.45) is 6.83. The maximum absolute atomic E-state index is 12.5. The van der Waals surface area contributed by atoms with E-state index >= 15 is 0 Å². The summed E-state index contributed by atoms with van der Waals surface area (Å²) in [5.41, 5.74) is 3.98. The fourth-order valence-electron chi connectivity index (χ4n) is 2.40. The summed E-state index contributed by atoms with van der Waals surface area (Å²) in [6.45, 7) is 7.07. The molecule has 5 nitrogen and oxygen atoms in total. The molecule has 154 valence electrons. The molecule has 4 N–H and O–H groups in total. The van der Waals surface area contributed by atoms with Crippen LogP contribution in [0.2, 0.25) is 0 Å². The number of allylic oxidation sites excluding steroid dienone is 3. The van der Waals surface area contributed by atoms with Crippen molar-refractivity contribution >= 4 is 29.1 Å². The lowest BCUT2D eigenvalue weighted by Gasteiger charge is -2.09. The summed E-state index contributed by atoms with van der Waals surface area (Å²) in [5.74, 6) is -0.164. The number of nitrogens with one attached hydrogen (secondary N) is 4. The van der Waals surface area contributed by atoms with Crippen LogP contribution in [0.25, 0.3) is 5.57 Å². The first-order chi connectivity index (χ1) is 14.0. The monoisotopic (exact) mass is 392 g/mol. The van der Waals surface area contributed by atoms with Gasteiger partial charge < -0.3 is 21.4 Å². The summed E-state index contributed by atoms with van der Waals surface area (Å²) in [6, 6.07) is 15.0. The van der Waals surface area contributed by atoms with Crippen molar-refractivity contribution in [3.05, 3.63) is 78.4 Å². The number of anilines is 2. The molecule has 0 unspecified atom stereocenters. The molecule has 0 aliphatic carbocycles. The summed E-state index contributed by atoms with van der Waals surface area (Å²) >= 11 is 0. The maximum atomic E-state index is 12.5. The average molecular weight is 393 g/mol. The van der Waals surface area contributed by atoms with Gasteiger partial charge in [-0.25, -0.2) is 0 Å². The van der Waals surface area contributed by atoms with Crippen molar-refractivity contribution in [1.82, 2.24) is 5.32 Å². The quantitative estimate of drug-likeness (QED) is 0.269. The molecule has 0 heterocycles. The van der Waals surface area contributed by atoms with E-state index in [4.69, 9.17) is 5.41 Å². The van der Waals surface area contributed by atoms with Crippen molar-refractivity contribution < 1.29 is 4.79 Å². The van der Waals surface area contributed by atoms with E-state index in [1.165, 1.54) is 6.21 Å². The molecule has 0 aliphatic rings. The van der Waals surface area contributed by atoms with E-state index in [0.29, 0.717) is 5.56 Å². The Kier molecular flexibility index (Phi) is 11.4. The van der Waals surface area contributed by atoms with Crippen molar-refractivity contribution in [2.24, 2.45) is 0 Å². The highest BCUT2D eigenvalue weighted by Gasteiger charge is 2.07. The molecular weight excluding hydrogens is 360 g/mol. The van der Waals surface area contributed by atoms with Gasteiger partial charge in [0.25, 0.3) is 5.91 Å². The van der Waals surface area contributed by atoms with Crippen LogP contribution >= 0.6 is 0 Å². The molecule has 0 saturated carbocycles. The molecule has 0 saturated heterocycles. The molecule has 29 heavy (non-hydrogen) atoms. The Balaban J connectivity index is 0.00000132. The van der Waals surface area contributed by atoms with Gasteiger partial charge in [0.15, 0.2) is 0 Å². The molecular formula is C24H32N4O. The third-order valence-electron chi connectivity index (χ3n) is 3.89. The number of carbonyl (C=O) groups is 1. The molecule has 0 aliphatic heterocycles. The number of rotatable bonds is 9. The number of hydrogen-bond donors (Lipinski definition) is 4. The van der Waals surface area contributed by atoms with Crippen molar-refractivity contribution in [1.29, 1.82) is 5.41 Å². The highest BCUT2D eigenvalue weighted by molar-refractivity contribution is 6.04. The minimum Gasteiger partial charge on any atom is -0.385 e. The first-order valence-electron chi connectivity index (χ1n) is 9.76. The molecule has 2 aromatic carbocycles. The summed E-state index contributed by atoms with van der Waals surface area (Å²) in [7, 11) is 3.75. The molecule has 0 aromatic heterocycles. The van der Waals surface area contributed by atoms with Gasteiger partial charge in [-0.2, -0.15) is 0 Å². The maximum Gasteiger partial charge on any atom is 0.255 e. The van der Waals surface area contributed by atoms with E-state index in [2.05, 4.69) is 29.5 Å². The zero-order chi connectivity index (χ0) is 21.5. The van der Waals surface area contributed by atoms with Gasteiger partial charge in [-0.1, -0.05) is 38.1 Å². The molecule has 0 bridgehead atoms. The van der Waals surface area contributed by atoms with E-state index in [1.807, 2.05) is 50.5 Å². The van der Waals surface area contributed by atoms with Gasteiger partial charge in [-0.15, -0.1) is 0 Å². The SMILES string of the molecule is C=C(/C=C\C=N)c1cccc(C(=O)Nc2ccc(NCCCC)cc2)c1.CNC. The number of unbranched alkanes of at least 4 members (excludes halogenated alkanes) is 1. The van der Waals surface area contributed by atoms with Crippen LogP contribution in [0.15, 0.2) is 67.3 Å². The third kappa shape index (κ3) is 9.04. The highest BCUT2D eigenvalue weighted by Crippen LogP contribution is 2.18. The minimum absolute atomic E-state index is 0.164. The van der Waals surface area contributed by atoms with Gasteiger partial charge in [-0.05, 0) is 74.1 Å². The minimum atomic E-state index is -0.164. The van der Waals surface area contributed by atoms with E-state index in [0.717, 1.165) is 41.9 Å². The zero-order valence-corrected chi connectivity index (χ0v) is 17.6. The first-order valence-corrected chi connectivity index (χ1v) is 9.76. The van der Waals surface area contributed by atoms with Crippen molar-refractivity contribution in [3.8, 4) is 0 Å². The standard InChI is InChI=1S/C22H25N3O.C2H7N/c1-3-4-15-24-20-10-12-21(13-11-20)25-22(26)19-9-5-8-18(16-19)17(2)7-6-14-23;1-3-2/h5-14,16,23-24H,2-4,15H2,1H3,(H,25,26);3H,1-2H3/b7-6-,23-14?;. The number of benzene rings is 2. The van der Waals surface area contributed by atoms with Crippen LogP contribution in [0.5, 0.6) is 0 Å². The van der Waals surface area contributed by atoms with Gasteiger partial charge >= 0.3 is 0 Å². The summed E-state index contributed by atoms with van der Waals surface area (Å²) < 4.78 is 0. The zero-order valence-electron chi connectivity index (χ0n) is 17.6. The molecule has 0 spiro atoms. The van der Waals surface area contributed by atoms with Crippen molar-refractivity contribution in [2.75, 3.05) is 31.3 Å². The predicted octanol–water partition coefficient (Wildman–Crippen LogP) is 5.21. The Morgan fingerprint density at radius 1 is 1.07 bits per heavy atom. The van der Waals surface area contributed by atoms with Crippen LogP contribution in [0, 0.1) is 5.41 Å². The Bertz CT molecular complexity index is 810. The Hall–Kier alpha value is -3.18. The third-order valence-corrected chi connectivity index (χ3v) is 3.89. The topological polar surface area (TPSA) is 77.0 Å². The number of amides is 1. The average Bonchev–Trinajstić information content (AvgIpc) is 2.74. The molecule has 2 aromatic rings. The number of hydrogen-bond acceptors (Lipinski definition) is 4. The van der Waals surface area contributed by atoms with Crippen LogP contribution in [-0.2, 0) is 0 Å².